The van der Waals surface area contributed by atoms with Gasteiger partial charge in [-0.3, -0.25) is 0 Å². The molecule has 0 amide bonds. The van der Waals surface area contributed by atoms with Gasteiger partial charge in [0.1, 0.15) is 13.2 Å². The van der Waals surface area contributed by atoms with Crippen molar-refractivity contribution in [1.29, 1.82) is 0 Å². The Morgan fingerprint density at radius 1 is 0.575 bits per heavy atom. The second kappa shape index (κ2) is 11.7. The lowest BCUT2D eigenvalue weighted by atomic mass is 10.1. The lowest BCUT2D eigenvalue weighted by molar-refractivity contribution is 0.0640. The second-order valence-corrected chi connectivity index (χ2v) is 13.8. The Hall–Kier alpha value is -3.83. The number of ether oxygens (including phenoxy) is 2. The van der Waals surface area contributed by atoms with E-state index in [0.717, 1.165) is 22.1 Å². The third kappa shape index (κ3) is 6.15. The molecule has 0 aliphatic heterocycles. The molecule has 0 bridgehead atoms. The number of hydrogen-bond donors (Lipinski definition) is 0. The topological polar surface area (TPSA) is 110 Å². The molecule has 0 fully saturated rings. The van der Waals surface area contributed by atoms with Crippen LogP contribution in [0.4, 0.5) is 16.2 Å². The van der Waals surface area contributed by atoms with Gasteiger partial charge in [-0.25, -0.2) is 21.6 Å². The molecule has 0 saturated carbocycles. The number of nitrogens with zero attached hydrogens (tertiary/aromatic N) is 2. The smallest absolute Gasteiger partial charge is 0.433 e. The first-order valence-electron chi connectivity index (χ1n) is 12.6. The summed E-state index contributed by atoms with van der Waals surface area (Å²) in [5.41, 5.74) is 1.76. The summed E-state index contributed by atoms with van der Waals surface area (Å²) in [6, 6.07) is 21.0. The van der Waals surface area contributed by atoms with Crippen molar-refractivity contribution in [3.05, 3.63) is 72.8 Å². The van der Waals surface area contributed by atoms with Gasteiger partial charge in [-0.1, -0.05) is 48.5 Å². The molecule has 0 aromatic heterocycles. The molecule has 11 heteroatoms. The van der Waals surface area contributed by atoms with Crippen LogP contribution in [0.25, 0.3) is 21.5 Å². The van der Waals surface area contributed by atoms with Crippen molar-refractivity contribution in [3.63, 3.8) is 0 Å². The monoisotopic (exact) mass is 584 g/mol. The zero-order chi connectivity index (χ0) is 29.1. The van der Waals surface area contributed by atoms with Crippen molar-refractivity contribution >= 4 is 58.7 Å². The Morgan fingerprint density at radius 3 is 1.30 bits per heavy atom. The van der Waals surface area contributed by atoms with E-state index in [9.17, 15) is 21.6 Å². The Balaban J connectivity index is 1.36. The average Bonchev–Trinajstić information content (AvgIpc) is 2.91. The third-order valence-corrected chi connectivity index (χ3v) is 9.96. The van der Waals surface area contributed by atoms with Crippen LogP contribution in [0, 0.1) is 0 Å². The molecule has 0 aliphatic carbocycles. The summed E-state index contributed by atoms with van der Waals surface area (Å²) in [6.07, 6.45) is -1.13. The summed E-state index contributed by atoms with van der Waals surface area (Å²) in [7, 11) is -0.0575. The first-order chi connectivity index (χ1) is 18.9. The fourth-order valence-electron chi connectivity index (χ4n) is 4.58. The highest BCUT2D eigenvalue weighted by Gasteiger charge is 2.22. The van der Waals surface area contributed by atoms with Crippen LogP contribution in [-0.2, 0) is 29.1 Å². The first-order valence-corrected chi connectivity index (χ1v) is 15.9. The maximum absolute atomic E-state index is 13.1. The van der Waals surface area contributed by atoms with Gasteiger partial charge in [0.15, 0.2) is 19.7 Å². The minimum Gasteiger partial charge on any atom is -0.433 e. The number of carbonyl (C=O) groups excluding carboxylic acids is 1. The molecule has 0 atom stereocenters. The van der Waals surface area contributed by atoms with Crippen molar-refractivity contribution in [1.82, 2.24) is 0 Å². The van der Waals surface area contributed by atoms with Crippen LogP contribution >= 0.6 is 0 Å². The van der Waals surface area contributed by atoms with Gasteiger partial charge in [0, 0.05) is 61.1 Å². The average molecular weight is 585 g/mol. The van der Waals surface area contributed by atoms with Gasteiger partial charge in [0.2, 0.25) is 0 Å². The molecule has 40 heavy (non-hydrogen) atoms. The molecule has 212 valence electrons. The Kier molecular flexibility index (Phi) is 8.55. The van der Waals surface area contributed by atoms with Crippen LogP contribution in [0.5, 0.6) is 0 Å². The summed E-state index contributed by atoms with van der Waals surface area (Å²) < 4.78 is 62.1. The number of anilines is 2. The molecule has 4 aromatic rings. The van der Waals surface area contributed by atoms with Crippen LogP contribution in [0.1, 0.15) is 0 Å². The van der Waals surface area contributed by atoms with Crippen LogP contribution in [-0.4, -0.2) is 75.9 Å². The molecule has 0 radical (unpaired) electrons. The highest BCUT2D eigenvalue weighted by Crippen LogP contribution is 2.32. The lowest BCUT2D eigenvalue weighted by Crippen LogP contribution is -2.20. The summed E-state index contributed by atoms with van der Waals surface area (Å²) >= 11 is 0. The summed E-state index contributed by atoms with van der Waals surface area (Å²) in [5.74, 6) is -0.897. The van der Waals surface area contributed by atoms with Gasteiger partial charge in [-0.2, -0.15) is 0 Å². The molecule has 4 rings (SSSR count). The van der Waals surface area contributed by atoms with Crippen LogP contribution in [0.2, 0.25) is 0 Å². The summed E-state index contributed by atoms with van der Waals surface area (Å²) in [5, 5.41) is 2.73. The Bertz CT molecular complexity index is 1640. The van der Waals surface area contributed by atoms with Crippen molar-refractivity contribution < 1.29 is 31.1 Å². The first kappa shape index (κ1) is 29.2. The fourth-order valence-corrected chi connectivity index (χ4v) is 7.23. The summed E-state index contributed by atoms with van der Waals surface area (Å²) in [6.45, 7) is -0.872. The van der Waals surface area contributed by atoms with Gasteiger partial charge in [0.25, 0.3) is 0 Å². The highest BCUT2D eigenvalue weighted by molar-refractivity contribution is 7.92. The van der Waals surface area contributed by atoms with E-state index in [1.54, 1.807) is 36.4 Å². The SMILES string of the molecule is CN(C)c1cccc2c(S(=O)(=O)CCOC(=O)OCCS(=O)(=O)c3cccc4c(N(C)C)cccc34)cccc12. The number of sulfone groups is 2. The van der Waals surface area contributed by atoms with E-state index in [0.29, 0.717) is 10.8 Å². The molecule has 9 nitrogen and oxygen atoms in total. The van der Waals surface area contributed by atoms with E-state index in [1.165, 1.54) is 12.1 Å². The van der Waals surface area contributed by atoms with E-state index < -0.39 is 50.5 Å². The number of benzene rings is 4. The minimum atomic E-state index is -3.79. The lowest BCUT2D eigenvalue weighted by Gasteiger charge is -2.17. The van der Waals surface area contributed by atoms with Crippen molar-refractivity contribution in [2.45, 2.75) is 9.79 Å². The summed E-state index contributed by atoms with van der Waals surface area (Å²) in [4.78, 5) is 16.2. The van der Waals surface area contributed by atoms with Gasteiger partial charge in [-0.05, 0) is 24.3 Å². The maximum atomic E-state index is 13.1. The zero-order valence-corrected chi connectivity index (χ0v) is 24.5. The fraction of sp³-hybridized carbons (Fsp3) is 0.276. The van der Waals surface area contributed by atoms with Gasteiger partial charge in [-0.15, -0.1) is 0 Å². The Morgan fingerprint density at radius 2 is 0.925 bits per heavy atom. The van der Waals surface area contributed by atoms with Crippen molar-refractivity contribution in [2.24, 2.45) is 0 Å². The predicted octanol–water partition coefficient (Wildman–Crippen LogP) is 4.53. The van der Waals surface area contributed by atoms with Crippen LogP contribution in [0.15, 0.2) is 82.6 Å². The molecular formula is C29H32N2O7S2. The minimum absolute atomic E-state index is 0.143. The van der Waals surface area contributed by atoms with Crippen LogP contribution < -0.4 is 9.80 Å². The van der Waals surface area contributed by atoms with E-state index in [-0.39, 0.29) is 9.79 Å². The van der Waals surface area contributed by atoms with E-state index in [1.807, 2.05) is 62.3 Å². The molecule has 0 saturated heterocycles. The van der Waals surface area contributed by atoms with E-state index in [4.69, 9.17) is 9.47 Å². The van der Waals surface area contributed by atoms with Gasteiger partial charge in [0.05, 0.1) is 21.3 Å². The Labute approximate surface area is 234 Å². The number of rotatable bonds is 10. The molecule has 4 aromatic carbocycles. The molecule has 0 spiro atoms. The number of fused-ring (bicyclic) bond motifs is 2. The molecule has 0 aliphatic rings. The molecule has 0 heterocycles. The zero-order valence-electron chi connectivity index (χ0n) is 22.8. The third-order valence-electron chi connectivity index (χ3n) is 6.50. The molecule has 0 N–H and O–H groups in total. The molecule has 0 unspecified atom stereocenters. The van der Waals surface area contributed by atoms with Gasteiger partial charge >= 0.3 is 6.16 Å². The normalized spacial score (nSPS) is 11.9. The number of hydrogen-bond acceptors (Lipinski definition) is 9. The second-order valence-electron chi connectivity index (χ2n) is 9.63. The standard InChI is InChI=1S/C29H32N2O7S2/c1-30(2)25-13-5-11-23-21(25)9-7-15-27(23)39(33,34)19-17-37-29(32)38-18-20-40(35,36)28-16-8-10-22-24(28)12-6-14-26(22)31(3)4/h5-16H,17-20H2,1-4H3. The highest BCUT2D eigenvalue weighted by atomic mass is 32.2. The molecular weight excluding hydrogens is 552 g/mol. The van der Waals surface area contributed by atoms with Crippen LogP contribution in [0.3, 0.4) is 0 Å². The van der Waals surface area contributed by atoms with E-state index in [2.05, 4.69) is 0 Å². The quantitative estimate of drug-likeness (QED) is 0.248. The van der Waals surface area contributed by atoms with Crippen molar-refractivity contribution in [2.75, 3.05) is 62.7 Å². The number of carbonyl (C=O) groups is 1. The van der Waals surface area contributed by atoms with Gasteiger partial charge < -0.3 is 19.3 Å². The maximum Gasteiger partial charge on any atom is 0.508 e. The predicted molar refractivity (Wildman–Crippen MR) is 158 cm³/mol. The largest absolute Gasteiger partial charge is 0.508 e. The van der Waals surface area contributed by atoms with E-state index >= 15 is 0 Å². The van der Waals surface area contributed by atoms with Crippen molar-refractivity contribution in [3.8, 4) is 0 Å².